The van der Waals surface area contributed by atoms with Gasteiger partial charge in [-0.2, -0.15) is 0 Å². The number of fused-ring (bicyclic) bond motifs is 3. The first kappa shape index (κ1) is 21.6. The standard InChI is InChI=1S/C29H31N3Si/c1-20(2)19-32-27-14-10-9-13-23(27)25-15-22(17-31-29(25)32)26-16-24(21-11-7-6-8-12-21)28(18-30-26)33(3,4)5/h6-18,20H,19H2,1-5H3. The molecule has 3 heterocycles. The summed E-state index contributed by atoms with van der Waals surface area (Å²) in [6, 6.07) is 23.9. The zero-order valence-electron chi connectivity index (χ0n) is 20.1. The van der Waals surface area contributed by atoms with E-state index in [4.69, 9.17) is 9.97 Å². The topological polar surface area (TPSA) is 30.7 Å². The van der Waals surface area contributed by atoms with Gasteiger partial charge < -0.3 is 4.57 Å². The van der Waals surface area contributed by atoms with Crippen LogP contribution in [-0.2, 0) is 6.54 Å². The average Bonchev–Trinajstić information content (AvgIpc) is 3.11. The molecule has 0 bridgehead atoms. The van der Waals surface area contributed by atoms with Crippen LogP contribution in [0.5, 0.6) is 0 Å². The lowest BCUT2D eigenvalue weighted by atomic mass is 10.0. The summed E-state index contributed by atoms with van der Waals surface area (Å²) >= 11 is 0. The van der Waals surface area contributed by atoms with Crippen LogP contribution in [0, 0.1) is 5.92 Å². The van der Waals surface area contributed by atoms with Crippen LogP contribution in [0.15, 0.2) is 79.1 Å². The molecule has 3 aromatic heterocycles. The van der Waals surface area contributed by atoms with Crippen molar-refractivity contribution < 1.29 is 0 Å². The van der Waals surface area contributed by atoms with E-state index in [9.17, 15) is 0 Å². The fraction of sp³-hybridized carbons (Fsp3) is 0.241. The van der Waals surface area contributed by atoms with Crippen molar-refractivity contribution >= 4 is 35.2 Å². The molecule has 0 unspecified atom stereocenters. The summed E-state index contributed by atoms with van der Waals surface area (Å²) in [5.74, 6) is 0.551. The summed E-state index contributed by atoms with van der Waals surface area (Å²) in [6.07, 6.45) is 4.10. The third-order valence-corrected chi connectivity index (χ3v) is 8.26. The van der Waals surface area contributed by atoms with Crippen molar-refractivity contribution in [1.82, 2.24) is 14.5 Å². The van der Waals surface area contributed by atoms with E-state index in [0.29, 0.717) is 5.92 Å². The van der Waals surface area contributed by atoms with Gasteiger partial charge in [0.05, 0.1) is 19.3 Å². The van der Waals surface area contributed by atoms with Crippen molar-refractivity contribution in [3.8, 4) is 22.4 Å². The summed E-state index contributed by atoms with van der Waals surface area (Å²) in [4.78, 5) is 9.88. The summed E-state index contributed by atoms with van der Waals surface area (Å²) in [5.41, 5.74) is 6.89. The maximum Gasteiger partial charge on any atom is 0.140 e. The first-order valence-corrected chi connectivity index (χ1v) is 15.3. The molecule has 0 N–H and O–H groups in total. The Morgan fingerprint density at radius 2 is 1.52 bits per heavy atom. The third kappa shape index (κ3) is 4.00. The molecule has 4 heteroatoms. The van der Waals surface area contributed by atoms with Gasteiger partial charge in [0, 0.05) is 35.3 Å². The SMILES string of the molecule is CC(C)Cn1c2ccccc2c2cc(-c3cc(-c4ccccc4)c([Si](C)(C)C)cn3)cnc21. The Kier molecular flexibility index (Phi) is 5.41. The van der Waals surface area contributed by atoms with Gasteiger partial charge in [0.25, 0.3) is 0 Å². The van der Waals surface area contributed by atoms with Crippen LogP contribution in [0.3, 0.4) is 0 Å². The molecule has 0 saturated heterocycles. The van der Waals surface area contributed by atoms with Gasteiger partial charge >= 0.3 is 0 Å². The minimum absolute atomic E-state index is 0.551. The maximum atomic E-state index is 4.95. The Hall–Kier alpha value is -3.24. The monoisotopic (exact) mass is 449 g/mol. The fourth-order valence-corrected chi connectivity index (χ4v) is 6.16. The van der Waals surface area contributed by atoms with Crippen molar-refractivity contribution in [1.29, 1.82) is 0 Å². The Labute approximate surface area is 197 Å². The quantitative estimate of drug-likeness (QED) is 0.267. The average molecular weight is 450 g/mol. The van der Waals surface area contributed by atoms with Crippen LogP contribution >= 0.6 is 0 Å². The molecule has 5 rings (SSSR count). The van der Waals surface area contributed by atoms with Crippen molar-refractivity contribution in [2.45, 2.75) is 40.0 Å². The van der Waals surface area contributed by atoms with Crippen LogP contribution in [0.4, 0.5) is 0 Å². The highest BCUT2D eigenvalue weighted by atomic mass is 28.3. The van der Waals surface area contributed by atoms with E-state index in [1.54, 1.807) is 0 Å². The molecular formula is C29H31N3Si. The number of aromatic nitrogens is 3. The molecule has 3 nitrogen and oxygen atoms in total. The van der Waals surface area contributed by atoms with Crippen molar-refractivity contribution in [3.63, 3.8) is 0 Å². The van der Waals surface area contributed by atoms with Crippen LogP contribution < -0.4 is 5.19 Å². The van der Waals surface area contributed by atoms with Crippen molar-refractivity contribution in [3.05, 3.63) is 79.1 Å². The third-order valence-electron chi connectivity index (χ3n) is 6.25. The molecule has 0 spiro atoms. The van der Waals surface area contributed by atoms with Crippen molar-refractivity contribution in [2.75, 3.05) is 0 Å². The number of pyridine rings is 2. The van der Waals surface area contributed by atoms with Gasteiger partial charge in [-0.25, -0.2) is 4.98 Å². The Morgan fingerprint density at radius 1 is 0.788 bits per heavy atom. The first-order valence-electron chi connectivity index (χ1n) is 11.8. The number of hydrogen-bond acceptors (Lipinski definition) is 2. The van der Waals surface area contributed by atoms with Crippen LogP contribution in [0.25, 0.3) is 44.3 Å². The Balaban J connectivity index is 1.71. The Bertz CT molecular complexity index is 1440. The maximum absolute atomic E-state index is 4.95. The lowest BCUT2D eigenvalue weighted by Gasteiger charge is -2.21. The molecule has 0 fully saturated rings. The largest absolute Gasteiger partial charge is 0.325 e. The fourth-order valence-electron chi connectivity index (χ4n) is 4.68. The number of para-hydroxylation sites is 1. The molecule has 0 amide bonds. The lowest BCUT2D eigenvalue weighted by Crippen LogP contribution is -2.39. The lowest BCUT2D eigenvalue weighted by molar-refractivity contribution is 0.543. The first-order chi connectivity index (χ1) is 15.8. The van der Waals surface area contributed by atoms with E-state index in [-0.39, 0.29) is 0 Å². The molecule has 0 aliphatic carbocycles. The number of benzene rings is 2. The predicted octanol–water partition coefficient (Wildman–Crippen LogP) is 7.12. The highest BCUT2D eigenvalue weighted by Crippen LogP contribution is 2.32. The second kappa shape index (κ2) is 8.27. The second-order valence-corrected chi connectivity index (χ2v) is 15.4. The minimum atomic E-state index is -1.56. The highest BCUT2D eigenvalue weighted by Gasteiger charge is 2.22. The smallest absolute Gasteiger partial charge is 0.140 e. The van der Waals surface area contributed by atoms with Gasteiger partial charge in [0.2, 0.25) is 0 Å². The Morgan fingerprint density at radius 3 is 2.24 bits per heavy atom. The van der Waals surface area contributed by atoms with Crippen LogP contribution in [0.2, 0.25) is 19.6 Å². The molecule has 33 heavy (non-hydrogen) atoms. The molecule has 166 valence electrons. The second-order valence-electron chi connectivity index (χ2n) is 10.3. The molecule has 0 aliphatic heterocycles. The molecule has 0 aliphatic rings. The van der Waals surface area contributed by atoms with Gasteiger partial charge in [-0.15, -0.1) is 0 Å². The number of nitrogens with zero attached hydrogens (tertiary/aromatic N) is 3. The zero-order chi connectivity index (χ0) is 23.2. The highest BCUT2D eigenvalue weighted by molar-refractivity contribution is 6.89. The van der Waals surface area contributed by atoms with Gasteiger partial charge in [0.15, 0.2) is 0 Å². The van der Waals surface area contributed by atoms with Gasteiger partial charge in [-0.1, -0.05) is 82.0 Å². The van der Waals surface area contributed by atoms with E-state index in [1.807, 2.05) is 6.20 Å². The molecule has 0 atom stereocenters. The van der Waals surface area contributed by atoms with Gasteiger partial charge in [0.1, 0.15) is 5.65 Å². The zero-order valence-corrected chi connectivity index (χ0v) is 21.1. The van der Waals surface area contributed by atoms with Gasteiger partial charge in [-0.3, -0.25) is 4.98 Å². The number of rotatable bonds is 5. The molecule has 5 aromatic rings. The number of hydrogen-bond donors (Lipinski definition) is 0. The van der Waals surface area contributed by atoms with E-state index in [1.165, 1.54) is 32.6 Å². The van der Waals surface area contributed by atoms with Crippen molar-refractivity contribution in [2.24, 2.45) is 5.92 Å². The van der Waals surface area contributed by atoms with E-state index in [0.717, 1.165) is 23.4 Å². The van der Waals surface area contributed by atoms with E-state index < -0.39 is 8.07 Å². The molecule has 0 radical (unpaired) electrons. The summed E-state index contributed by atoms with van der Waals surface area (Å²) in [6.45, 7) is 12.6. The molecular weight excluding hydrogens is 418 g/mol. The summed E-state index contributed by atoms with van der Waals surface area (Å²) in [5, 5.41) is 3.84. The summed E-state index contributed by atoms with van der Waals surface area (Å²) in [7, 11) is -1.56. The van der Waals surface area contributed by atoms with E-state index in [2.05, 4.69) is 111 Å². The van der Waals surface area contributed by atoms with Crippen LogP contribution in [0.1, 0.15) is 13.8 Å². The van der Waals surface area contributed by atoms with E-state index >= 15 is 0 Å². The van der Waals surface area contributed by atoms with Crippen LogP contribution in [-0.4, -0.2) is 22.6 Å². The summed E-state index contributed by atoms with van der Waals surface area (Å²) < 4.78 is 2.36. The molecule has 2 aromatic carbocycles. The normalized spacial score (nSPS) is 12.2. The minimum Gasteiger partial charge on any atom is -0.325 e. The van der Waals surface area contributed by atoms with Gasteiger partial charge in [-0.05, 0) is 40.4 Å². The molecule has 0 saturated carbocycles. The predicted molar refractivity (Wildman–Crippen MR) is 144 cm³/mol.